The minimum absolute atomic E-state index is 0.0778. The molecule has 3 rings (SSSR count). The molecule has 0 radical (unpaired) electrons. The van der Waals surface area contributed by atoms with Crippen LogP contribution in [0.2, 0.25) is 0 Å². The highest BCUT2D eigenvalue weighted by Crippen LogP contribution is 2.28. The quantitative estimate of drug-likeness (QED) is 0.634. The summed E-state index contributed by atoms with van der Waals surface area (Å²) in [6.45, 7) is 7.49. The number of hydrogen-bond donors (Lipinski definition) is 1. The molecular formula is C22H32N4O2S. The number of nitrogens with zero attached hydrogens (tertiary/aromatic N) is 3. The minimum Gasteiger partial charge on any atom is -0.356 e. The first kappa shape index (κ1) is 21.7. The summed E-state index contributed by atoms with van der Waals surface area (Å²) < 4.78 is 1.10. The molecule has 0 bridgehead atoms. The lowest BCUT2D eigenvalue weighted by Crippen LogP contribution is -2.45. The van der Waals surface area contributed by atoms with Gasteiger partial charge in [-0.1, -0.05) is 43.2 Å². The topological polar surface area (TPSA) is 65.5 Å². The number of para-hydroxylation sites is 1. The van der Waals surface area contributed by atoms with Gasteiger partial charge in [0.2, 0.25) is 11.8 Å². The summed E-state index contributed by atoms with van der Waals surface area (Å²) in [5, 5.41) is 3.83. The average molecular weight is 417 g/mol. The summed E-state index contributed by atoms with van der Waals surface area (Å²) in [5.74, 6) is 0.334. The monoisotopic (exact) mass is 416 g/mol. The number of aromatic nitrogens is 1. The molecule has 1 saturated heterocycles. The first-order chi connectivity index (χ1) is 14.1. The SMILES string of the molecule is CCCCCNC(=O)C1CCN(CC(=O)N(CC)c2nc3ccccc3s2)CC1. The number of benzene rings is 1. The van der Waals surface area contributed by atoms with Crippen LogP contribution in [0.25, 0.3) is 10.2 Å². The number of nitrogens with one attached hydrogen (secondary N) is 1. The third-order valence-electron chi connectivity index (χ3n) is 5.53. The van der Waals surface area contributed by atoms with Gasteiger partial charge in [-0.15, -0.1) is 0 Å². The number of hydrogen-bond acceptors (Lipinski definition) is 5. The van der Waals surface area contributed by atoms with Crippen molar-refractivity contribution in [2.75, 3.05) is 37.6 Å². The van der Waals surface area contributed by atoms with E-state index in [9.17, 15) is 9.59 Å². The largest absolute Gasteiger partial charge is 0.356 e. The molecule has 1 aromatic heterocycles. The van der Waals surface area contributed by atoms with Crippen LogP contribution in [0.5, 0.6) is 0 Å². The summed E-state index contributed by atoms with van der Waals surface area (Å²) in [6, 6.07) is 7.97. The molecule has 2 heterocycles. The summed E-state index contributed by atoms with van der Waals surface area (Å²) in [7, 11) is 0. The van der Waals surface area contributed by atoms with Crippen molar-refractivity contribution >= 4 is 38.5 Å². The zero-order valence-corrected chi connectivity index (χ0v) is 18.3. The zero-order chi connectivity index (χ0) is 20.6. The third kappa shape index (κ3) is 5.76. The van der Waals surface area contributed by atoms with Crippen LogP contribution in [-0.2, 0) is 9.59 Å². The van der Waals surface area contributed by atoms with Crippen LogP contribution in [0.4, 0.5) is 5.13 Å². The number of carbonyl (C=O) groups is 2. The number of fused-ring (bicyclic) bond motifs is 1. The number of likely N-dealkylation sites (tertiary alicyclic amines) is 1. The van der Waals surface area contributed by atoms with Crippen LogP contribution in [0.15, 0.2) is 24.3 Å². The molecule has 0 unspecified atom stereocenters. The van der Waals surface area contributed by atoms with E-state index in [0.717, 1.165) is 67.1 Å². The van der Waals surface area contributed by atoms with Crippen LogP contribution in [0.1, 0.15) is 46.0 Å². The molecule has 29 heavy (non-hydrogen) atoms. The van der Waals surface area contributed by atoms with Crippen LogP contribution < -0.4 is 10.2 Å². The standard InChI is InChI=1S/C22H32N4O2S/c1-3-5-8-13-23-21(28)17-11-14-25(15-12-17)16-20(27)26(4-2)22-24-18-9-6-7-10-19(18)29-22/h6-7,9-10,17H,3-5,8,11-16H2,1-2H3,(H,23,28). The third-order valence-corrected chi connectivity index (χ3v) is 6.59. The van der Waals surface area contributed by atoms with Crippen LogP contribution in [0, 0.1) is 5.92 Å². The first-order valence-electron chi connectivity index (χ1n) is 10.8. The second-order valence-electron chi connectivity index (χ2n) is 7.65. The van der Waals surface area contributed by atoms with Crippen molar-refractivity contribution in [3.05, 3.63) is 24.3 Å². The van der Waals surface area contributed by atoms with E-state index in [1.54, 1.807) is 16.2 Å². The number of amides is 2. The van der Waals surface area contributed by atoms with E-state index in [-0.39, 0.29) is 17.7 Å². The maximum Gasteiger partial charge on any atom is 0.242 e. The van der Waals surface area contributed by atoms with Gasteiger partial charge in [-0.3, -0.25) is 19.4 Å². The molecule has 0 saturated carbocycles. The number of anilines is 1. The number of unbranched alkanes of at least 4 members (excludes halogenated alkanes) is 2. The van der Waals surface area contributed by atoms with E-state index < -0.39 is 0 Å². The maximum atomic E-state index is 12.9. The van der Waals surface area contributed by atoms with Crippen molar-refractivity contribution in [3.63, 3.8) is 0 Å². The first-order valence-corrected chi connectivity index (χ1v) is 11.6. The number of piperidine rings is 1. The second kappa shape index (κ2) is 10.7. The number of thiazole rings is 1. The Labute approximate surface area is 177 Å². The fourth-order valence-corrected chi connectivity index (χ4v) is 4.80. The Hall–Kier alpha value is -1.99. The molecule has 1 aliphatic heterocycles. The van der Waals surface area contributed by atoms with Gasteiger partial charge in [0.05, 0.1) is 16.8 Å². The van der Waals surface area contributed by atoms with Gasteiger partial charge in [-0.2, -0.15) is 0 Å². The number of carbonyl (C=O) groups excluding carboxylic acids is 2. The Kier molecular flexibility index (Phi) is 8.00. The molecule has 2 aromatic rings. The van der Waals surface area contributed by atoms with Gasteiger partial charge >= 0.3 is 0 Å². The van der Waals surface area contributed by atoms with E-state index in [2.05, 4.69) is 22.1 Å². The lowest BCUT2D eigenvalue weighted by molar-refractivity contribution is -0.126. The van der Waals surface area contributed by atoms with E-state index in [4.69, 9.17) is 0 Å². The molecule has 2 amide bonds. The molecule has 0 atom stereocenters. The number of rotatable bonds is 9. The predicted molar refractivity (Wildman–Crippen MR) is 119 cm³/mol. The van der Waals surface area contributed by atoms with Crippen molar-refractivity contribution in [1.29, 1.82) is 0 Å². The van der Waals surface area contributed by atoms with Gasteiger partial charge in [0, 0.05) is 19.0 Å². The Morgan fingerprint density at radius 2 is 1.97 bits per heavy atom. The minimum atomic E-state index is 0.0778. The molecule has 0 aliphatic carbocycles. The smallest absolute Gasteiger partial charge is 0.242 e. The number of likely N-dealkylation sites (N-methyl/N-ethyl adjacent to an activating group) is 1. The van der Waals surface area contributed by atoms with Gasteiger partial charge in [0.25, 0.3) is 0 Å². The fourth-order valence-electron chi connectivity index (χ4n) is 3.75. The second-order valence-corrected chi connectivity index (χ2v) is 8.66. The molecule has 0 spiro atoms. The van der Waals surface area contributed by atoms with Crippen LogP contribution >= 0.6 is 11.3 Å². The zero-order valence-electron chi connectivity index (χ0n) is 17.5. The average Bonchev–Trinajstić information content (AvgIpc) is 3.15. The van der Waals surface area contributed by atoms with E-state index in [1.807, 2.05) is 31.2 Å². The molecule has 1 aromatic carbocycles. The van der Waals surface area contributed by atoms with Gasteiger partial charge in [-0.05, 0) is 51.4 Å². The van der Waals surface area contributed by atoms with Crippen molar-refractivity contribution < 1.29 is 9.59 Å². The van der Waals surface area contributed by atoms with Crippen LogP contribution in [0.3, 0.4) is 0 Å². The molecule has 1 aliphatic rings. The van der Waals surface area contributed by atoms with E-state index in [0.29, 0.717) is 13.1 Å². The molecule has 1 fully saturated rings. The van der Waals surface area contributed by atoms with Gasteiger partial charge in [0.15, 0.2) is 5.13 Å². The highest BCUT2D eigenvalue weighted by Gasteiger charge is 2.27. The van der Waals surface area contributed by atoms with Gasteiger partial charge in [-0.25, -0.2) is 4.98 Å². The molecule has 6 nitrogen and oxygen atoms in total. The molecule has 1 N–H and O–H groups in total. The van der Waals surface area contributed by atoms with Crippen molar-refractivity contribution in [2.45, 2.75) is 46.0 Å². The fraction of sp³-hybridized carbons (Fsp3) is 0.591. The molecular weight excluding hydrogens is 384 g/mol. The van der Waals surface area contributed by atoms with Gasteiger partial charge < -0.3 is 5.32 Å². The van der Waals surface area contributed by atoms with E-state index in [1.165, 1.54) is 0 Å². The Morgan fingerprint density at radius 3 is 2.66 bits per heavy atom. The summed E-state index contributed by atoms with van der Waals surface area (Å²) in [5.41, 5.74) is 0.935. The molecule has 7 heteroatoms. The Bertz CT molecular complexity index is 781. The van der Waals surface area contributed by atoms with E-state index >= 15 is 0 Å². The van der Waals surface area contributed by atoms with Crippen molar-refractivity contribution in [3.8, 4) is 0 Å². The highest BCUT2D eigenvalue weighted by atomic mass is 32.1. The van der Waals surface area contributed by atoms with Gasteiger partial charge in [0.1, 0.15) is 0 Å². The Balaban J connectivity index is 1.48. The van der Waals surface area contributed by atoms with Crippen molar-refractivity contribution in [2.24, 2.45) is 5.92 Å². The normalized spacial score (nSPS) is 15.5. The van der Waals surface area contributed by atoms with Crippen molar-refractivity contribution in [1.82, 2.24) is 15.2 Å². The summed E-state index contributed by atoms with van der Waals surface area (Å²) in [6.07, 6.45) is 5.01. The highest BCUT2D eigenvalue weighted by molar-refractivity contribution is 7.22. The summed E-state index contributed by atoms with van der Waals surface area (Å²) >= 11 is 1.56. The predicted octanol–water partition coefficient (Wildman–Crippen LogP) is 3.67. The maximum absolute atomic E-state index is 12.9. The Morgan fingerprint density at radius 1 is 1.21 bits per heavy atom. The summed E-state index contributed by atoms with van der Waals surface area (Å²) in [4.78, 5) is 33.8. The lowest BCUT2D eigenvalue weighted by Gasteiger charge is -2.32. The molecule has 158 valence electrons. The van der Waals surface area contributed by atoms with Crippen LogP contribution in [-0.4, -0.2) is 54.4 Å². The lowest BCUT2D eigenvalue weighted by atomic mass is 9.96.